The number of nitrogens with zero attached hydrogens (tertiary/aromatic N) is 1. The van der Waals surface area contributed by atoms with E-state index in [4.69, 9.17) is 4.42 Å². The highest BCUT2D eigenvalue weighted by atomic mass is 32.2. The highest BCUT2D eigenvalue weighted by Crippen LogP contribution is 2.28. The number of carbonyl (C=O) groups excluding carboxylic acids is 1. The Balaban J connectivity index is 1.87. The number of hydrogen-bond acceptors (Lipinski definition) is 4. The molecule has 6 nitrogen and oxygen atoms in total. The Morgan fingerprint density at radius 1 is 1.12 bits per heavy atom. The molecule has 1 aromatic heterocycles. The van der Waals surface area contributed by atoms with Crippen LogP contribution in [-0.4, -0.2) is 32.7 Å². The minimum atomic E-state index is -3.54. The van der Waals surface area contributed by atoms with Crippen molar-refractivity contribution in [2.24, 2.45) is 0 Å². The molecule has 0 saturated heterocycles. The summed E-state index contributed by atoms with van der Waals surface area (Å²) in [5.74, 6) is -1.07. The van der Waals surface area contributed by atoms with Gasteiger partial charge in [0.05, 0.1) is 4.90 Å². The molecule has 0 aliphatic carbocycles. The van der Waals surface area contributed by atoms with Crippen LogP contribution in [0.5, 0.6) is 0 Å². The van der Waals surface area contributed by atoms with Crippen molar-refractivity contribution >= 4 is 32.6 Å². The van der Waals surface area contributed by atoms with Gasteiger partial charge in [-0.3, -0.25) is 4.79 Å². The van der Waals surface area contributed by atoms with Gasteiger partial charge in [0.2, 0.25) is 10.0 Å². The van der Waals surface area contributed by atoms with Crippen LogP contribution in [0.2, 0.25) is 0 Å². The Morgan fingerprint density at radius 2 is 1.77 bits per heavy atom. The molecule has 136 valence electrons. The normalized spacial score (nSPS) is 11.9. The first-order valence-electron chi connectivity index (χ1n) is 7.73. The first-order chi connectivity index (χ1) is 12.2. The van der Waals surface area contributed by atoms with Crippen LogP contribution in [0.25, 0.3) is 11.0 Å². The van der Waals surface area contributed by atoms with Crippen molar-refractivity contribution in [3.05, 3.63) is 59.6 Å². The monoisotopic (exact) mass is 376 g/mol. The molecule has 26 heavy (non-hydrogen) atoms. The third-order valence-corrected chi connectivity index (χ3v) is 5.84. The van der Waals surface area contributed by atoms with Gasteiger partial charge in [-0.15, -0.1) is 0 Å². The molecule has 0 aliphatic rings. The summed E-state index contributed by atoms with van der Waals surface area (Å²) in [4.78, 5) is 12.6. The fourth-order valence-corrected chi connectivity index (χ4v) is 3.44. The van der Waals surface area contributed by atoms with Gasteiger partial charge < -0.3 is 9.73 Å². The van der Waals surface area contributed by atoms with Gasteiger partial charge in [-0.05, 0) is 37.3 Å². The smallest absolute Gasteiger partial charge is 0.291 e. The second-order valence-electron chi connectivity index (χ2n) is 5.94. The topological polar surface area (TPSA) is 79.6 Å². The summed E-state index contributed by atoms with van der Waals surface area (Å²) < 4.78 is 44.4. The highest BCUT2D eigenvalue weighted by molar-refractivity contribution is 7.89. The predicted octanol–water partition coefficient (Wildman–Crippen LogP) is 3.38. The Labute approximate surface area is 150 Å². The molecule has 2 aromatic carbocycles. The maximum atomic E-state index is 13.8. The van der Waals surface area contributed by atoms with Gasteiger partial charge in [-0.2, -0.15) is 0 Å². The van der Waals surface area contributed by atoms with Crippen molar-refractivity contribution < 1.29 is 22.0 Å². The highest BCUT2D eigenvalue weighted by Gasteiger charge is 2.20. The first-order valence-corrected chi connectivity index (χ1v) is 9.17. The lowest BCUT2D eigenvalue weighted by molar-refractivity contribution is 0.0997. The summed E-state index contributed by atoms with van der Waals surface area (Å²) >= 11 is 0. The molecule has 0 radical (unpaired) electrons. The van der Waals surface area contributed by atoms with Crippen molar-refractivity contribution in [2.75, 3.05) is 19.4 Å². The van der Waals surface area contributed by atoms with Crippen molar-refractivity contribution in [3.63, 3.8) is 0 Å². The maximum Gasteiger partial charge on any atom is 0.291 e. The van der Waals surface area contributed by atoms with Gasteiger partial charge in [0.1, 0.15) is 0 Å². The molecular formula is C18H17FN2O4S. The van der Waals surface area contributed by atoms with Crippen molar-refractivity contribution in [2.45, 2.75) is 11.8 Å². The van der Waals surface area contributed by atoms with Gasteiger partial charge in [0, 0.05) is 30.7 Å². The zero-order valence-corrected chi connectivity index (χ0v) is 15.2. The average Bonchev–Trinajstić information content (AvgIpc) is 2.94. The van der Waals surface area contributed by atoms with Crippen LogP contribution in [0.1, 0.15) is 16.1 Å². The lowest BCUT2D eigenvalue weighted by Gasteiger charge is -2.11. The number of benzene rings is 2. The van der Waals surface area contributed by atoms with Crippen LogP contribution < -0.4 is 5.32 Å². The first kappa shape index (κ1) is 18.1. The molecule has 3 aromatic rings. The predicted molar refractivity (Wildman–Crippen MR) is 96.2 cm³/mol. The van der Waals surface area contributed by atoms with Gasteiger partial charge in [-0.25, -0.2) is 17.1 Å². The molecule has 1 heterocycles. The second kappa shape index (κ2) is 6.54. The van der Waals surface area contributed by atoms with Crippen LogP contribution in [0.15, 0.2) is 51.8 Å². The number of nitrogens with one attached hydrogen (secondary N) is 1. The van der Waals surface area contributed by atoms with E-state index in [-0.39, 0.29) is 16.2 Å². The summed E-state index contributed by atoms with van der Waals surface area (Å²) in [5.41, 5.74) is 0.958. The van der Waals surface area contributed by atoms with Gasteiger partial charge in [0.25, 0.3) is 5.91 Å². The summed E-state index contributed by atoms with van der Waals surface area (Å²) in [6, 6.07) is 10.2. The Kier molecular flexibility index (Phi) is 4.55. The van der Waals surface area contributed by atoms with Crippen molar-refractivity contribution in [1.29, 1.82) is 0 Å². The van der Waals surface area contributed by atoms with Crippen LogP contribution in [-0.2, 0) is 10.0 Å². The zero-order chi connectivity index (χ0) is 19.1. The molecule has 8 heteroatoms. The molecule has 3 rings (SSSR count). The summed E-state index contributed by atoms with van der Waals surface area (Å²) in [5, 5.41) is 3.15. The lowest BCUT2D eigenvalue weighted by Crippen LogP contribution is -2.22. The van der Waals surface area contributed by atoms with Crippen LogP contribution in [0.3, 0.4) is 0 Å². The minimum absolute atomic E-state index is 0.00934. The minimum Gasteiger partial charge on any atom is -0.448 e. The van der Waals surface area contributed by atoms with Gasteiger partial charge >= 0.3 is 0 Å². The van der Waals surface area contributed by atoms with Crippen LogP contribution in [0.4, 0.5) is 10.1 Å². The number of halogens is 1. The molecule has 0 spiro atoms. The van der Waals surface area contributed by atoms with E-state index in [1.807, 2.05) is 0 Å². The average molecular weight is 376 g/mol. The number of carbonyl (C=O) groups is 1. The molecule has 0 atom stereocenters. The van der Waals surface area contributed by atoms with E-state index in [0.717, 1.165) is 4.31 Å². The quantitative estimate of drug-likeness (QED) is 0.757. The van der Waals surface area contributed by atoms with E-state index in [9.17, 15) is 17.6 Å². The van der Waals surface area contributed by atoms with Gasteiger partial charge in [-0.1, -0.05) is 12.1 Å². The van der Waals surface area contributed by atoms with E-state index in [1.54, 1.807) is 19.1 Å². The SMILES string of the molecule is Cc1c(C(=O)Nc2ccc(S(=O)(=O)N(C)C)cc2)oc2c(F)cccc12. The van der Waals surface area contributed by atoms with Crippen molar-refractivity contribution in [3.8, 4) is 0 Å². The third kappa shape index (κ3) is 3.09. The van der Waals surface area contributed by atoms with E-state index < -0.39 is 21.7 Å². The molecule has 0 saturated carbocycles. The summed E-state index contributed by atoms with van der Waals surface area (Å²) in [6.45, 7) is 1.67. The number of aryl methyl sites for hydroxylation is 1. The Morgan fingerprint density at radius 3 is 2.35 bits per heavy atom. The number of hydrogen-bond donors (Lipinski definition) is 1. The fraction of sp³-hybridized carbons (Fsp3) is 0.167. The number of para-hydroxylation sites is 1. The number of furan rings is 1. The van der Waals surface area contributed by atoms with E-state index in [1.165, 1.54) is 44.4 Å². The number of sulfonamides is 1. The number of fused-ring (bicyclic) bond motifs is 1. The van der Waals surface area contributed by atoms with E-state index >= 15 is 0 Å². The van der Waals surface area contributed by atoms with E-state index in [0.29, 0.717) is 16.6 Å². The molecular weight excluding hydrogens is 359 g/mol. The van der Waals surface area contributed by atoms with Crippen LogP contribution in [0, 0.1) is 12.7 Å². The molecule has 0 unspecified atom stereocenters. The Bertz CT molecular complexity index is 1090. The number of rotatable bonds is 4. The molecule has 1 amide bonds. The molecule has 0 fully saturated rings. The maximum absolute atomic E-state index is 13.8. The summed E-state index contributed by atoms with van der Waals surface area (Å²) in [7, 11) is -0.665. The number of amides is 1. The standard InChI is InChI=1S/C18H17FN2O4S/c1-11-14-5-4-6-15(19)17(14)25-16(11)18(22)20-12-7-9-13(10-8-12)26(23,24)21(2)3/h4-10H,1-3H3,(H,20,22). The third-order valence-electron chi connectivity index (χ3n) is 4.01. The zero-order valence-electron chi connectivity index (χ0n) is 14.4. The second-order valence-corrected chi connectivity index (χ2v) is 8.09. The van der Waals surface area contributed by atoms with Crippen molar-refractivity contribution in [1.82, 2.24) is 4.31 Å². The molecule has 0 aliphatic heterocycles. The van der Waals surface area contributed by atoms with Crippen LogP contribution >= 0.6 is 0 Å². The lowest BCUT2D eigenvalue weighted by atomic mass is 10.1. The fourth-order valence-electron chi connectivity index (χ4n) is 2.53. The Hall–Kier alpha value is -2.71. The number of anilines is 1. The van der Waals surface area contributed by atoms with E-state index in [2.05, 4.69) is 5.32 Å². The van der Waals surface area contributed by atoms with Gasteiger partial charge in [0.15, 0.2) is 17.2 Å². The summed E-state index contributed by atoms with van der Waals surface area (Å²) in [6.07, 6.45) is 0. The molecule has 1 N–H and O–H groups in total. The molecule has 0 bridgehead atoms. The largest absolute Gasteiger partial charge is 0.448 e.